The molecule has 7 nitrogen and oxygen atoms in total. The Kier molecular flexibility index (Phi) is 7.27. The lowest BCUT2D eigenvalue weighted by atomic mass is 9.66. The van der Waals surface area contributed by atoms with Gasteiger partial charge in [-0.1, -0.05) is 42.1 Å². The van der Waals surface area contributed by atoms with Crippen LogP contribution in [0, 0.1) is 17.3 Å². The van der Waals surface area contributed by atoms with Gasteiger partial charge in [0.2, 0.25) is 5.91 Å². The maximum atomic E-state index is 13.6. The van der Waals surface area contributed by atoms with Crippen molar-refractivity contribution in [3.8, 4) is 0 Å². The summed E-state index contributed by atoms with van der Waals surface area (Å²) in [5.74, 6) is -2.60. The maximum Gasteiger partial charge on any atom is 0.320 e. The molecular formula is C25H29Cl2NO6. The number of carboxylic acid groups (broad SMARTS) is 1. The molecule has 184 valence electrons. The van der Waals surface area contributed by atoms with Crippen molar-refractivity contribution in [1.82, 2.24) is 4.90 Å². The SMILES string of the molecule is COC(=O)[C@@]12C[C@H](CC(=O)O)C(=O)N(Cc3ccc(Cl)cc3Cl)C1=C[C@@H](C1CCCC1)O[C@H]2C. The van der Waals surface area contributed by atoms with Crippen LogP contribution >= 0.6 is 23.2 Å². The Balaban J connectivity index is 1.84. The molecule has 3 aliphatic rings. The molecule has 1 aromatic carbocycles. The lowest BCUT2D eigenvalue weighted by Gasteiger charge is -2.52. The Morgan fingerprint density at radius 2 is 1.97 bits per heavy atom. The Bertz CT molecular complexity index is 1020. The average Bonchev–Trinajstić information content (AvgIpc) is 3.32. The minimum absolute atomic E-state index is 0.0139. The number of amides is 1. The number of ether oxygens (including phenoxy) is 2. The summed E-state index contributed by atoms with van der Waals surface area (Å²) < 4.78 is 11.6. The smallest absolute Gasteiger partial charge is 0.320 e. The summed E-state index contributed by atoms with van der Waals surface area (Å²) in [5.41, 5.74) is -0.129. The number of rotatable bonds is 6. The van der Waals surface area contributed by atoms with Crippen molar-refractivity contribution >= 4 is 41.0 Å². The lowest BCUT2D eigenvalue weighted by Crippen LogP contribution is -2.60. The minimum Gasteiger partial charge on any atom is -0.481 e. The van der Waals surface area contributed by atoms with Gasteiger partial charge in [0.05, 0.1) is 38.2 Å². The third kappa shape index (κ3) is 4.45. The number of benzene rings is 1. The summed E-state index contributed by atoms with van der Waals surface area (Å²) in [6.07, 6.45) is 4.95. The predicted octanol–water partition coefficient (Wildman–Crippen LogP) is 4.84. The number of esters is 1. The van der Waals surface area contributed by atoms with Crippen LogP contribution in [0.25, 0.3) is 0 Å². The molecule has 1 amide bonds. The molecule has 0 unspecified atom stereocenters. The van der Waals surface area contributed by atoms with Crippen LogP contribution in [0.5, 0.6) is 0 Å². The van der Waals surface area contributed by atoms with E-state index >= 15 is 0 Å². The van der Waals surface area contributed by atoms with E-state index in [1.807, 2.05) is 13.0 Å². The summed E-state index contributed by atoms with van der Waals surface area (Å²) in [6, 6.07) is 5.01. The fourth-order valence-electron chi connectivity index (χ4n) is 5.74. The molecule has 9 heteroatoms. The van der Waals surface area contributed by atoms with E-state index in [2.05, 4.69) is 0 Å². The van der Waals surface area contributed by atoms with Crippen molar-refractivity contribution in [2.45, 2.75) is 64.2 Å². The number of hydrogen-bond donors (Lipinski definition) is 1. The number of fused-ring (bicyclic) bond motifs is 1. The van der Waals surface area contributed by atoms with Crippen molar-refractivity contribution in [2.24, 2.45) is 17.3 Å². The Morgan fingerprint density at radius 3 is 2.59 bits per heavy atom. The first kappa shape index (κ1) is 25.0. The van der Waals surface area contributed by atoms with E-state index < -0.39 is 35.8 Å². The van der Waals surface area contributed by atoms with Gasteiger partial charge in [0.1, 0.15) is 5.41 Å². The number of likely N-dealkylation sites (tertiary alicyclic amines) is 1. The molecule has 0 radical (unpaired) electrons. The highest BCUT2D eigenvalue weighted by atomic mass is 35.5. The summed E-state index contributed by atoms with van der Waals surface area (Å²) in [4.78, 5) is 40.1. The van der Waals surface area contributed by atoms with E-state index in [0.29, 0.717) is 27.2 Å². The van der Waals surface area contributed by atoms with Crippen LogP contribution in [-0.4, -0.2) is 47.2 Å². The summed E-state index contributed by atoms with van der Waals surface area (Å²) in [5, 5.41) is 10.3. The van der Waals surface area contributed by atoms with Crippen LogP contribution < -0.4 is 0 Å². The van der Waals surface area contributed by atoms with Gasteiger partial charge in [-0.05, 0) is 55.9 Å². The highest BCUT2D eigenvalue weighted by Gasteiger charge is 2.60. The van der Waals surface area contributed by atoms with Gasteiger partial charge >= 0.3 is 11.9 Å². The minimum atomic E-state index is -1.29. The van der Waals surface area contributed by atoms with Gasteiger partial charge < -0.3 is 19.5 Å². The number of carbonyl (C=O) groups excluding carboxylic acids is 2. The number of hydrogen-bond acceptors (Lipinski definition) is 5. The predicted molar refractivity (Wildman–Crippen MR) is 126 cm³/mol. The molecule has 0 aromatic heterocycles. The molecule has 2 fully saturated rings. The van der Waals surface area contributed by atoms with Crippen LogP contribution in [0.2, 0.25) is 10.0 Å². The van der Waals surface area contributed by atoms with Gasteiger partial charge in [-0.2, -0.15) is 0 Å². The second kappa shape index (κ2) is 9.88. The average molecular weight is 510 g/mol. The summed E-state index contributed by atoms with van der Waals surface area (Å²) >= 11 is 12.5. The topological polar surface area (TPSA) is 93.1 Å². The largest absolute Gasteiger partial charge is 0.481 e. The van der Waals surface area contributed by atoms with Crippen molar-refractivity contribution in [1.29, 1.82) is 0 Å². The third-order valence-electron chi connectivity index (χ3n) is 7.49. The van der Waals surface area contributed by atoms with Crippen molar-refractivity contribution in [2.75, 3.05) is 7.11 Å². The first-order valence-electron chi connectivity index (χ1n) is 11.6. The van der Waals surface area contributed by atoms with E-state index in [1.54, 1.807) is 18.2 Å². The first-order chi connectivity index (χ1) is 16.2. The lowest BCUT2D eigenvalue weighted by molar-refractivity contribution is -0.178. The molecule has 4 rings (SSSR count). The monoisotopic (exact) mass is 509 g/mol. The fraction of sp³-hybridized carbons (Fsp3) is 0.560. The molecular weight excluding hydrogens is 481 g/mol. The highest BCUT2D eigenvalue weighted by molar-refractivity contribution is 6.35. The van der Waals surface area contributed by atoms with Crippen LogP contribution in [0.1, 0.15) is 51.0 Å². The summed E-state index contributed by atoms with van der Waals surface area (Å²) in [6.45, 7) is 1.90. The summed E-state index contributed by atoms with van der Waals surface area (Å²) in [7, 11) is 1.30. The van der Waals surface area contributed by atoms with E-state index in [0.717, 1.165) is 25.7 Å². The standard InChI is InChI=1S/C25H29Cl2NO6/c1-14-25(24(32)33-2)12-17(9-22(29)30)23(31)28(13-16-7-8-18(26)10-19(16)27)21(25)11-20(34-14)15-5-3-4-6-15/h7-8,10-11,14-15,17,20H,3-6,9,12-13H2,1-2H3,(H,29,30)/t14-,17-,20-,25+/m0/s1. The zero-order valence-electron chi connectivity index (χ0n) is 19.3. The van der Waals surface area contributed by atoms with Crippen molar-refractivity contribution in [3.05, 3.63) is 45.6 Å². The molecule has 2 aliphatic heterocycles. The maximum absolute atomic E-state index is 13.6. The van der Waals surface area contributed by atoms with E-state index in [1.165, 1.54) is 12.0 Å². The van der Waals surface area contributed by atoms with Gasteiger partial charge in [-0.25, -0.2) is 0 Å². The molecule has 2 heterocycles. The first-order valence-corrected chi connectivity index (χ1v) is 12.4. The van der Waals surface area contributed by atoms with E-state index in [4.69, 9.17) is 32.7 Å². The number of piperidine rings is 1. The third-order valence-corrected chi connectivity index (χ3v) is 8.07. The van der Waals surface area contributed by atoms with Gasteiger partial charge in [0, 0.05) is 15.7 Å². The molecule has 1 aromatic rings. The molecule has 0 spiro atoms. The van der Waals surface area contributed by atoms with Gasteiger partial charge in [-0.15, -0.1) is 0 Å². The number of carbonyl (C=O) groups is 3. The molecule has 1 saturated carbocycles. The van der Waals surface area contributed by atoms with Crippen LogP contribution in [0.3, 0.4) is 0 Å². The molecule has 1 aliphatic carbocycles. The number of methoxy groups -OCH3 is 1. The number of carboxylic acids is 1. The number of nitrogens with zero attached hydrogens (tertiary/aromatic N) is 1. The van der Waals surface area contributed by atoms with E-state index in [-0.39, 0.29) is 25.0 Å². The number of halogens is 2. The van der Waals surface area contributed by atoms with Crippen LogP contribution in [-0.2, 0) is 30.4 Å². The van der Waals surface area contributed by atoms with Gasteiger partial charge in [0.25, 0.3) is 0 Å². The van der Waals surface area contributed by atoms with Gasteiger partial charge in [0.15, 0.2) is 0 Å². The normalized spacial score (nSPS) is 29.5. The second-order valence-corrected chi connectivity index (χ2v) is 10.3. The fourth-order valence-corrected chi connectivity index (χ4v) is 6.21. The highest BCUT2D eigenvalue weighted by Crippen LogP contribution is 2.52. The molecule has 0 bridgehead atoms. The zero-order chi connectivity index (χ0) is 24.6. The van der Waals surface area contributed by atoms with Crippen molar-refractivity contribution < 1.29 is 29.0 Å². The number of aliphatic carboxylic acids is 1. The Hall–Kier alpha value is -2.09. The molecule has 4 atom stereocenters. The molecule has 1 N–H and O–H groups in total. The Labute approximate surface area is 209 Å². The second-order valence-electron chi connectivity index (χ2n) is 9.46. The van der Waals surface area contributed by atoms with Crippen molar-refractivity contribution in [3.63, 3.8) is 0 Å². The van der Waals surface area contributed by atoms with E-state index in [9.17, 15) is 19.5 Å². The van der Waals surface area contributed by atoms with Crippen LogP contribution in [0.15, 0.2) is 30.0 Å². The zero-order valence-corrected chi connectivity index (χ0v) is 20.8. The quantitative estimate of drug-likeness (QED) is 0.551. The molecule has 1 saturated heterocycles. The Morgan fingerprint density at radius 1 is 1.26 bits per heavy atom. The van der Waals surface area contributed by atoms with Gasteiger partial charge in [-0.3, -0.25) is 14.4 Å². The van der Waals surface area contributed by atoms with Crippen LogP contribution in [0.4, 0.5) is 0 Å². The molecule has 34 heavy (non-hydrogen) atoms.